The SMILES string of the molecule is CCc1nn(C)cc1CNC(C)c1ccc(C#N)cc1. The van der Waals surface area contributed by atoms with E-state index in [9.17, 15) is 0 Å². The molecular formula is C16H20N4. The van der Waals surface area contributed by atoms with Crippen molar-refractivity contribution in [2.24, 2.45) is 7.05 Å². The van der Waals surface area contributed by atoms with Crippen LogP contribution in [0, 0.1) is 11.3 Å². The second kappa shape index (κ2) is 6.36. The first-order valence-corrected chi connectivity index (χ1v) is 6.89. The minimum absolute atomic E-state index is 0.243. The Morgan fingerprint density at radius 2 is 2.05 bits per heavy atom. The number of nitrogens with one attached hydrogen (secondary N) is 1. The maximum atomic E-state index is 8.80. The van der Waals surface area contributed by atoms with Gasteiger partial charge in [-0.2, -0.15) is 10.4 Å². The second-order valence-corrected chi connectivity index (χ2v) is 4.96. The fourth-order valence-electron chi connectivity index (χ4n) is 2.26. The van der Waals surface area contributed by atoms with Crippen LogP contribution in [-0.2, 0) is 20.0 Å². The minimum atomic E-state index is 0.243. The first kappa shape index (κ1) is 14.3. The van der Waals surface area contributed by atoms with E-state index in [1.54, 1.807) is 0 Å². The average Bonchev–Trinajstić information content (AvgIpc) is 2.85. The van der Waals surface area contributed by atoms with E-state index in [-0.39, 0.29) is 6.04 Å². The summed E-state index contributed by atoms with van der Waals surface area (Å²) >= 11 is 0. The van der Waals surface area contributed by atoms with E-state index < -0.39 is 0 Å². The van der Waals surface area contributed by atoms with E-state index in [0.717, 1.165) is 18.7 Å². The summed E-state index contributed by atoms with van der Waals surface area (Å²) < 4.78 is 1.86. The number of nitriles is 1. The highest BCUT2D eigenvalue weighted by Crippen LogP contribution is 2.15. The molecule has 0 saturated heterocycles. The Balaban J connectivity index is 2.00. The maximum absolute atomic E-state index is 8.80. The molecule has 0 aliphatic heterocycles. The molecule has 0 fully saturated rings. The molecule has 0 amide bonds. The van der Waals surface area contributed by atoms with Crippen LogP contribution < -0.4 is 5.32 Å². The molecule has 0 saturated carbocycles. The predicted molar refractivity (Wildman–Crippen MR) is 79.0 cm³/mol. The molecule has 1 aromatic carbocycles. The average molecular weight is 268 g/mol. The van der Waals surface area contributed by atoms with E-state index >= 15 is 0 Å². The van der Waals surface area contributed by atoms with Crippen molar-refractivity contribution < 1.29 is 0 Å². The molecule has 4 heteroatoms. The molecule has 2 rings (SSSR count). The van der Waals surface area contributed by atoms with Crippen LogP contribution in [0.2, 0.25) is 0 Å². The van der Waals surface area contributed by atoms with Gasteiger partial charge in [-0.1, -0.05) is 19.1 Å². The summed E-state index contributed by atoms with van der Waals surface area (Å²) in [7, 11) is 1.95. The lowest BCUT2D eigenvalue weighted by atomic mass is 10.1. The van der Waals surface area contributed by atoms with E-state index in [0.29, 0.717) is 5.56 Å². The summed E-state index contributed by atoms with van der Waals surface area (Å²) in [5, 5.41) is 16.8. The molecule has 4 nitrogen and oxygen atoms in total. The lowest BCUT2D eigenvalue weighted by molar-refractivity contribution is 0.572. The Hall–Kier alpha value is -2.12. The third-order valence-electron chi connectivity index (χ3n) is 3.47. The van der Waals surface area contributed by atoms with Crippen LogP contribution in [0.15, 0.2) is 30.5 Å². The van der Waals surface area contributed by atoms with Gasteiger partial charge in [-0.25, -0.2) is 0 Å². The van der Waals surface area contributed by atoms with Crippen molar-refractivity contribution in [2.75, 3.05) is 0 Å². The summed E-state index contributed by atoms with van der Waals surface area (Å²) in [6.07, 6.45) is 3.01. The van der Waals surface area contributed by atoms with Crippen molar-refractivity contribution in [3.63, 3.8) is 0 Å². The van der Waals surface area contributed by atoms with Crippen LogP contribution in [0.5, 0.6) is 0 Å². The normalized spacial score (nSPS) is 12.1. The number of hydrogen-bond donors (Lipinski definition) is 1. The number of hydrogen-bond acceptors (Lipinski definition) is 3. The van der Waals surface area contributed by atoms with Crippen molar-refractivity contribution in [2.45, 2.75) is 32.9 Å². The molecular weight excluding hydrogens is 248 g/mol. The van der Waals surface area contributed by atoms with Crippen LogP contribution in [-0.4, -0.2) is 9.78 Å². The molecule has 0 spiro atoms. The van der Waals surface area contributed by atoms with Crippen molar-refractivity contribution in [1.82, 2.24) is 15.1 Å². The Bertz CT molecular complexity index is 604. The summed E-state index contributed by atoms with van der Waals surface area (Å²) in [4.78, 5) is 0. The summed E-state index contributed by atoms with van der Waals surface area (Å²) in [6.45, 7) is 5.05. The van der Waals surface area contributed by atoms with E-state index in [1.165, 1.54) is 11.1 Å². The van der Waals surface area contributed by atoms with Crippen molar-refractivity contribution in [3.05, 3.63) is 52.8 Å². The molecule has 1 N–H and O–H groups in total. The fourth-order valence-corrected chi connectivity index (χ4v) is 2.26. The smallest absolute Gasteiger partial charge is 0.0991 e. The first-order valence-electron chi connectivity index (χ1n) is 6.89. The quantitative estimate of drug-likeness (QED) is 0.907. The molecule has 1 aromatic heterocycles. The molecule has 20 heavy (non-hydrogen) atoms. The van der Waals surface area contributed by atoms with Gasteiger partial charge in [0.05, 0.1) is 17.3 Å². The number of aryl methyl sites for hydroxylation is 2. The molecule has 1 atom stereocenters. The number of benzene rings is 1. The van der Waals surface area contributed by atoms with Gasteiger partial charge in [0.2, 0.25) is 0 Å². The largest absolute Gasteiger partial charge is 0.306 e. The Kier molecular flexibility index (Phi) is 4.54. The number of rotatable bonds is 5. The lowest BCUT2D eigenvalue weighted by Gasteiger charge is -2.14. The van der Waals surface area contributed by atoms with Crippen LogP contribution in [0.3, 0.4) is 0 Å². The Morgan fingerprint density at radius 3 is 2.65 bits per heavy atom. The number of aromatic nitrogens is 2. The highest BCUT2D eigenvalue weighted by molar-refractivity contribution is 5.32. The van der Waals surface area contributed by atoms with Crippen LogP contribution >= 0.6 is 0 Å². The van der Waals surface area contributed by atoms with Crippen LogP contribution in [0.25, 0.3) is 0 Å². The highest BCUT2D eigenvalue weighted by atomic mass is 15.3. The maximum Gasteiger partial charge on any atom is 0.0991 e. The molecule has 0 radical (unpaired) electrons. The van der Waals surface area contributed by atoms with E-state index in [4.69, 9.17) is 5.26 Å². The Morgan fingerprint density at radius 1 is 1.35 bits per heavy atom. The van der Waals surface area contributed by atoms with Gasteiger partial charge in [0.15, 0.2) is 0 Å². The second-order valence-electron chi connectivity index (χ2n) is 4.96. The Labute approximate surface area is 120 Å². The monoisotopic (exact) mass is 268 g/mol. The van der Waals surface area contributed by atoms with Gasteiger partial charge in [0.1, 0.15) is 0 Å². The van der Waals surface area contributed by atoms with Crippen LogP contribution in [0.4, 0.5) is 0 Å². The summed E-state index contributed by atoms with van der Waals surface area (Å²) in [5.74, 6) is 0. The van der Waals surface area contributed by atoms with Gasteiger partial charge in [0, 0.05) is 31.4 Å². The number of nitrogens with zero attached hydrogens (tertiary/aromatic N) is 3. The fraction of sp³-hybridized carbons (Fsp3) is 0.375. The zero-order valence-electron chi connectivity index (χ0n) is 12.2. The van der Waals surface area contributed by atoms with E-state index in [1.807, 2.05) is 36.0 Å². The van der Waals surface area contributed by atoms with Crippen LogP contribution in [0.1, 0.15) is 42.3 Å². The highest BCUT2D eigenvalue weighted by Gasteiger charge is 2.09. The zero-order chi connectivity index (χ0) is 14.5. The summed E-state index contributed by atoms with van der Waals surface area (Å²) in [6, 6.07) is 10.1. The standard InChI is InChI=1S/C16H20N4/c1-4-16-15(11-20(3)19-16)10-18-12(2)14-7-5-13(9-17)6-8-14/h5-8,11-12,18H,4,10H2,1-3H3. The molecule has 1 heterocycles. The molecule has 0 aliphatic carbocycles. The predicted octanol–water partition coefficient (Wildman–Crippen LogP) is 2.70. The molecule has 104 valence electrons. The summed E-state index contributed by atoms with van der Waals surface area (Å²) in [5.41, 5.74) is 4.27. The minimum Gasteiger partial charge on any atom is -0.306 e. The van der Waals surface area contributed by atoms with Gasteiger partial charge < -0.3 is 5.32 Å². The zero-order valence-corrected chi connectivity index (χ0v) is 12.2. The third kappa shape index (κ3) is 3.25. The molecule has 0 aliphatic rings. The van der Waals surface area contributed by atoms with E-state index in [2.05, 4.69) is 36.5 Å². The van der Waals surface area contributed by atoms with Gasteiger partial charge in [0.25, 0.3) is 0 Å². The molecule has 1 unspecified atom stereocenters. The molecule has 0 bridgehead atoms. The van der Waals surface area contributed by atoms with Gasteiger partial charge in [-0.15, -0.1) is 0 Å². The first-order chi connectivity index (χ1) is 9.63. The van der Waals surface area contributed by atoms with Gasteiger partial charge in [-0.3, -0.25) is 4.68 Å². The topological polar surface area (TPSA) is 53.6 Å². The molecule has 2 aromatic rings. The lowest BCUT2D eigenvalue weighted by Crippen LogP contribution is -2.18. The van der Waals surface area contributed by atoms with Crippen molar-refractivity contribution >= 4 is 0 Å². The van der Waals surface area contributed by atoms with Gasteiger partial charge in [-0.05, 0) is 31.0 Å². The third-order valence-corrected chi connectivity index (χ3v) is 3.47. The van der Waals surface area contributed by atoms with Gasteiger partial charge >= 0.3 is 0 Å². The van der Waals surface area contributed by atoms with Crippen molar-refractivity contribution in [1.29, 1.82) is 5.26 Å². The van der Waals surface area contributed by atoms with Crippen molar-refractivity contribution in [3.8, 4) is 6.07 Å².